The van der Waals surface area contributed by atoms with E-state index in [0.29, 0.717) is 0 Å². The molecule has 1 aromatic carbocycles. The first-order valence-electron chi connectivity index (χ1n) is 4.54. The van der Waals surface area contributed by atoms with E-state index in [9.17, 15) is 12.8 Å². The summed E-state index contributed by atoms with van der Waals surface area (Å²) in [5.41, 5.74) is 5.17. The Hall–Kier alpha value is -0.890. The van der Waals surface area contributed by atoms with Crippen molar-refractivity contribution in [2.75, 3.05) is 20.2 Å². The average Bonchev–Trinajstić information content (AvgIpc) is 2.26. The first-order valence-corrected chi connectivity index (χ1v) is 6.03. The van der Waals surface area contributed by atoms with E-state index in [1.54, 1.807) is 0 Å². The molecule has 0 saturated carbocycles. The van der Waals surface area contributed by atoms with Gasteiger partial charge in [0.25, 0.3) is 0 Å². The zero-order chi connectivity index (χ0) is 12.2. The van der Waals surface area contributed by atoms with Gasteiger partial charge in [-0.05, 0) is 18.2 Å². The van der Waals surface area contributed by atoms with E-state index in [2.05, 4.69) is 9.46 Å². The van der Waals surface area contributed by atoms with E-state index in [0.717, 1.165) is 6.07 Å². The molecule has 0 aromatic heterocycles. The van der Waals surface area contributed by atoms with Gasteiger partial charge in [-0.3, -0.25) is 0 Å². The van der Waals surface area contributed by atoms with E-state index in [-0.39, 0.29) is 36.1 Å². The summed E-state index contributed by atoms with van der Waals surface area (Å²) in [6, 6.07) is 3.42. The Labute approximate surface area is 106 Å². The molecule has 0 bridgehead atoms. The number of rotatable bonds is 5. The molecule has 0 spiro atoms. The number of benzene rings is 1. The van der Waals surface area contributed by atoms with Gasteiger partial charge in [-0.1, -0.05) is 0 Å². The molecule has 0 atom stereocenters. The Morgan fingerprint density at radius 1 is 1.47 bits per heavy atom. The molecule has 0 amide bonds. The summed E-state index contributed by atoms with van der Waals surface area (Å²) in [7, 11) is -2.39. The van der Waals surface area contributed by atoms with E-state index in [1.165, 1.54) is 19.2 Å². The van der Waals surface area contributed by atoms with Crippen molar-refractivity contribution in [3.63, 3.8) is 0 Å². The monoisotopic (exact) mass is 284 g/mol. The quantitative estimate of drug-likeness (QED) is 0.825. The maximum absolute atomic E-state index is 13.3. The highest BCUT2D eigenvalue weighted by atomic mass is 35.5. The van der Waals surface area contributed by atoms with E-state index in [4.69, 9.17) is 5.73 Å². The fourth-order valence-electron chi connectivity index (χ4n) is 1.09. The molecule has 17 heavy (non-hydrogen) atoms. The molecule has 1 rings (SSSR count). The predicted molar refractivity (Wildman–Crippen MR) is 64.4 cm³/mol. The third-order valence-corrected chi connectivity index (χ3v) is 3.33. The first-order chi connectivity index (χ1) is 7.51. The van der Waals surface area contributed by atoms with Crippen LogP contribution in [0.15, 0.2) is 23.1 Å². The Morgan fingerprint density at radius 3 is 2.59 bits per heavy atom. The zero-order valence-electron chi connectivity index (χ0n) is 9.14. The van der Waals surface area contributed by atoms with Gasteiger partial charge in [0.15, 0.2) is 11.6 Å². The summed E-state index contributed by atoms with van der Waals surface area (Å²) < 4.78 is 43.3. The lowest BCUT2D eigenvalue weighted by Gasteiger charge is -2.07. The lowest BCUT2D eigenvalue weighted by Crippen LogP contribution is -2.29. The standard InChI is InChI=1S/C9H13FN2O3S.ClH/c1-15-9-3-2-7(6-8(9)10)16(13,14)12-5-4-11;/h2-3,6,12H,4-5,11H2,1H3;1H. The van der Waals surface area contributed by atoms with Crippen LogP contribution in [-0.4, -0.2) is 28.6 Å². The van der Waals surface area contributed by atoms with Crippen LogP contribution in [0.3, 0.4) is 0 Å². The molecule has 5 nitrogen and oxygen atoms in total. The topological polar surface area (TPSA) is 81.4 Å². The highest BCUT2D eigenvalue weighted by Gasteiger charge is 2.15. The van der Waals surface area contributed by atoms with Crippen molar-refractivity contribution in [1.82, 2.24) is 4.72 Å². The lowest BCUT2D eigenvalue weighted by atomic mass is 10.3. The van der Waals surface area contributed by atoms with Gasteiger partial charge in [0.1, 0.15) is 0 Å². The Balaban J connectivity index is 0.00000256. The molecule has 0 unspecified atom stereocenters. The van der Waals surface area contributed by atoms with Crippen molar-refractivity contribution in [2.24, 2.45) is 5.73 Å². The molecule has 0 aliphatic heterocycles. The van der Waals surface area contributed by atoms with E-state index < -0.39 is 15.8 Å². The van der Waals surface area contributed by atoms with Crippen LogP contribution in [-0.2, 0) is 10.0 Å². The van der Waals surface area contributed by atoms with Crippen molar-refractivity contribution in [3.8, 4) is 5.75 Å². The summed E-state index contributed by atoms with van der Waals surface area (Å²) in [5.74, 6) is -0.726. The number of nitrogens with one attached hydrogen (secondary N) is 1. The van der Waals surface area contributed by atoms with Crippen LogP contribution < -0.4 is 15.2 Å². The molecular formula is C9H14ClFN2O3S. The van der Waals surface area contributed by atoms with Crippen molar-refractivity contribution >= 4 is 22.4 Å². The van der Waals surface area contributed by atoms with Crippen LogP contribution in [0.25, 0.3) is 0 Å². The summed E-state index contributed by atoms with van der Waals surface area (Å²) >= 11 is 0. The van der Waals surface area contributed by atoms with Crippen LogP contribution in [0.5, 0.6) is 5.75 Å². The molecule has 0 aliphatic rings. The second-order valence-electron chi connectivity index (χ2n) is 2.98. The molecule has 0 radical (unpaired) electrons. The van der Waals surface area contributed by atoms with E-state index in [1.807, 2.05) is 0 Å². The van der Waals surface area contributed by atoms with Gasteiger partial charge in [0.05, 0.1) is 12.0 Å². The normalized spacial score (nSPS) is 10.8. The van der Waals surface area contributed by atoms with Crippen molar-refractivity contribution in [3.05, 3.63) is 24.0 Å². The number of hydrogen-bond donors (Lipinski definition) is 2. The number of sulfonamides is 1. The first kappa shape index (κ1) is 16.1. The summed E-state index contributed by atoms with van der Waals surface area (Å²) in [4.78, 5) is -0.153. The second kappa shape index (κ2) is 6.75. The van der Waals surface area contributed by atoms with Gasteiger partial charge in [-0.25, -0.2) is 17.5 Å². The third kappa shape index (κ3) is 4.12. The fourth-order valence-corrected chi connectivity index (χ4v) is 2.15. The maximum Gasteiger partial charge on any atom is 0.240 e. The van der Waals surface area contributed by atoms with E-state index >= 15 is 0 Å². The number of nitrogens with two attached hydrogens (primary N) is 1. The number of methoxy groups -OCH3 is 1. The zero-order valence-corrected chi connectivity index (χ0v) is 10.8. The highest BCUT2D eigenvalue weighted by molar-refractivity contribution is 7.89. The second-order valence-corrected chi connectivity index (χ2v) is 4.75. The summed E-state index contributed by atoms with van der Waals surface area (Å²) in [5, 5.41) is 0. The van der Waals surface area contributed by atoms with Gasteiger partial charge in [0, 0.05) is 13.1 Å². The molecular weight excluding hydrogens is 271 g/mol. The summed E-state index contributed by atoms with van der Waals surface area (Å²) in [6.45, 7) is 0.286. The average molecular weight is 285 g/mol. The molecule has 0 fully saturated rings. The summed E-state index contributed by atoms with van der Waals surface area (Å²) in [6.07, 6.45) is 0. The highest BCUT2D eigenvalue weighted by Crippen LogP contribution is 2.20. The number of halogens is 2. The van der Waals surface area contributed by atoms with Crippen LogP contribution in [0.1, 0.15) is 0 Å². The SMILES string of the molecule is COc1ccc(S(=O)(=O)NCCN)cc1F.Cl. The Bertz CT molecular complexity index is 467. The largest absolute Gasteiger partial charge is 0.494 e. The molecule has 1 aromatic rings. The Kier molecular flexibility index (Phi) is 6.40. The third-order valence-electron chi connectivity index (χ3n) is 1.87. The van der Waals surface area contributed by atoms with Gasteiger partial charge < -0.3 is 10.5 Å². The minimum Gasteiger partial charge on any atom is -0.494 e. The van der Waals surface area contributed by atoms with Crippen LogP contribution in [0, 0.1) is 5.82 Å². The van der Waals surface area contributed by atoms with Gasteiger partial charge >= 0.3 is 0 Å². The number of ether oxygens (including phenoxy) is 1. The molecule has 3 N–H and O–H groups in total. The molecule has 8 heteroatoms. The van der Waals surface area contributed by atoms with Gasteiger partial charge in [-0.2, -0.15) is 0 Å². The minimum absolute atomic E-state index is 0. The molecule has 0 heterocycles. The lowest BCUT2D eigenvalue weighted by molar-refractivity contribution is 0.385. The Morgan fingerprint density at radius 2 is 2.12 bits per heavy atom. The van der Waals surface area contributed by atoms with Gasteiger partial charge in [-0.15, -0.1) is 12.4 Å². The van der Waals surface area contributed by atoms with Crippen molar-refractivity contribution in [2.45, 2.75) is 4.90 Å². The molecule has 98 valence electrons. The smallest absolute Gasteiger partial charge is 0.240 e. The van der Waals surface area contributed by atoms with Crippen molar-refractivity contribution in [1.29, 1.82) is 0 Å². The predicted octanol–water partition coefficient (Wildman–Crippen LogP) is 0.493. The van der Waals surface area contributed by atoms with Crippen molar-refractivity contribution < 1.29 is 17.5 Å². The van der Waals surface area contributed by atoms with Crippen LogP contribution in [0.2, 0.25) is 0 Å². The molecule has 0 saturated heterocycles. The molecule has 0 aliphatic carbocycles. The van der Waals surface area contributed by atoms with Crippen LogP contribution >= 0.6 is 12.4 Å². The maximum atomic E-state index is 13.3. The van der Waals surface area contributed by atoms with Crippen LogP contribution in [0.4, 0.5) is 4.39 Å². The fraction of sp³-hybridized carbons (Fsp3) is 0.333. The minimum atomic E-state index is -3.70. The van der Waals surface area contributed by atoms with Gasteiger partial charge in [0.2, 0.25) is 10.0 Å². The number of hydrogen-bond acceptors (Lipinski definition) is 4.